The molecule has 0 radical (unpaired) electrons. The number of ether oxygens (including phenoxy) is 1. The fourth-order valence-electron chi connectivity index (χ4n) is 3.08. The van der Waals surface area contributed by atoms with E-state index in [1.165, 1.54) is 0 Å². The van der Waals surface area contributed by atoms with Gasteiger partial charge in [-0.1, -0.05) is 15.9 Å². The van der Waals surface area contributed by atoms with E-state index in [4.69, 9.17) is 4.74 Å². The lowest BCUT2D eigenvalue weighted by Crippen LogP contribution is -2.49. The largest absolute Gasteiger partial charge is 0.484 e. The van der Waals surface area contributed by atoms with Gasteiger partial charge >= 0.3 is 0 Å². The van der Waals surface area contributed by atoms with E-state index >= 15 is 0 Å². The second-order valence-electron chi connectivity index (χ2n) is 5.81. The van der Waals surface area contributed by atoms with Crippen LogP contribution in [0, 0.1) is 0 Å². The van der Waals surface area contributed by atoms with E-state index in [1.807, 2.05) is 29.2 Å². The molecule has 0 spiro atoms. The molecule has 1 amide bonds. The van der Waals surface area contributed by atoms with Crippen LogP contribution >= 0.6 is 15.9 Å². The van der Waals surface area contributed by atoms with Crippen LogP contribution in [0.3, 0.4) is 0 Å². The summed E-state index contributed by atoms with van der Waals surface area (Å²) in [6.45, 7) is 6.08. The molecule has 5 nitrogen and oxygen atoms in total. The zero-order valence-electron chi connectivity index (χ0n) is 12.6. The van der Waals surface area contributed by atoms with E-state index in [9.17, 15) is 4.79 Å². The van der Waals surface area contributed by atoms with Gasteiger partial charge in [0.15, 0.2) is 6.61 Å². The molecule has 3 rings (SSSR count). The minimum absolute atomic E-state index is 0.0838. The van der Waals surface area contributed by atoms with Gasteiger partial charge in [0.25, 0.3) is 5.91 Å². The predicted octanol–water partition coefficient (Wildman–Crippen LogP) is 1.33. The summed E-state index contributed by atoms with van der Waals surface area (Å²) in [6.07, 6.45) is 1.07. The second kappa shape index (κ2) is 7.44. The summed E-state index contributed by atoms with van der Waals surface area (Å²) in [4.78, 5) is 16.7. The van der Waals surface area contributed by atoms with Crippen molar-refractivity contribution in [2.75, 3.05) is 45.9 Å². The molecule has 2 saturated heterocycles. The van der Waals surface area contributed by atoms with Gasteiger partial charge in [-0.25, -0.2) is 0 Å². The van der Waals surface area contributed by atoms with Crippen molar-refractivity contribution in [1.82, 2.24) is 15.1 Å². The average molecular weight is 368 g/mol. The van der Waals surface area contributed by atoms with Gasteiger partial charge < -0.3 is 15.0 Å². The average Bonchev–Trinajstić information content (AvgIpc) is 3.05. The third-order valence-corrected chi connectivity index (χ3v) is 4.89. The standard InChI is InChI=1S/C16H22BrN3O2/c17-13-1-3-15(4-2-13)22-12-16(21)20-8-5-14(11-20)19-9-6-18-7-10-19/h1-4,14,18H,5-12H2. The number of amides is 1. The van der Waals surface area contributed by atoms with Crippen molar-refractivity contribution in [3.05, 3.63) is 28.7 Å². The first-order chi connectivity index (χ1) is 10.7. The van der Waals surface area contributed by atoms with E-state index in [-0.39, 0.29) is 12.5 Å². The molecule has 0 saturated carbocycles. The Hall–Kier alpha value is -1.11. The number of nitrogens with zero attached hydrogens (tertiary/aromatic N) is 2. The van der Waals surface area contributed by atoms with E-state index < -0.39 is 0 Å². The van der Waals surface area contributed by atoms with Gasteiger partial charge in [0, 0.05) is 49.8 Å². The maximum Gasteiger partial charge on any atom is 0.260 e. The van der Waals surface area contributed by atoms with Gasteiger partial charge in [-0.3, -0.25) is 9.69 Å². The molecule has 0 aromatic heterocycles. The Morgan fingerprint density at radius 2 is 1.95 bits per heavy atom. The zero-order chi connectivity index (χ0) is 15.4. The topological polar surface area (TPSA) is 44.8 Å². The highest BCUT2D eigenvalue weighted by atomic mass is 79.9. The molecule has 22 heavy (non-hydrogen) atoms. The Morgan fingerprint density at radius 3 is 2.68 bits per heavy atom. The van der Waals surface area contributed by atoms with E-state index in [1.54, 1.807) is 0 Å². The normalized spacial score (nSPS) is 22.8. The monoisotopic (exact) mass is 367 g/mol. The van der Waals surface area contributed by atoms with Crippen molar-refractivity contribution in [2.45, 2.75) is 12.5 Å². The van der Waals surface area contributed by atoms with E-state index in [0.717, 1.165) is 55.9 Å². The molecule has 2 aliphatic rings. The fourth-order valence-corrected chi connectivity index (χ4v) is 3.35. The highest BCUT2D eigenvalue weighted by molar-refractivity contribution is 9.10. The van der Waals surface area contributed by atoms with Crippen LogP contribution in [-0.2, 0) is 4.79 Å². The molecule has 120 valence electrons. The van der Waals surface area contributed by atoms with Gasteiger partial charge in [0.05, 0.1) is 0 Å². The third-order valence-electron chi connectivity index (χ3n) is 4.36. The quantitative estimate of drug-likeness (QED) is 0.871. The molecule has 2 aliphatic heterocycles. The van der Waals surface area contributed by atoms with E-state index in [0.29, 0.717) is 6.04 Å². The summed E-state index contributed by atoms with van der Waals surface area (Å²) in [7, 11) is 0. The molecule has 1 aromatic carbocycles. The molecular weight excluding hydrogens is 346 g/mol. The van der Waals surface area contributed by atoms with Crippen molar-refractivity contribution in [3.8, 4) is 5.75 Å². The molecule has 1 atom stereocenters. The lowest BCUT2D eigenvalue weighted by Gasteiger charge is -2.32. The Balaban J connectivity index is 1.45. The maximum absolute atomic E-state index is 12.3. The Morgan fingerprint density at radius 1 is 1.23 bits per heavy atom. The first-order valence-electron chi connectivity index (χ1n) is 7.83. The van der Waals surface area contributed by atoms with Gasteiger partial charge in [-0.05, 0) is 30.7 Å². The summed E-state index contributed by atoms with van der Waals surface area (Å²) in [6, 6.07) is 8.07. The second-order valence-corrected chi connectivity index (χ2v) is 6.73. The minimum Gasteiger partial charge on any atom is -0.484 e. The number of benzene rings is 1. The maximum atomic E-state index is 12.3. The van der Waals surface area contributed by atoms with Crippen LogP contribution in [-0.4, -0.2) is 67.6 Å². The number of carbonyl (C=O) groups excluding carboxylic acids is 1. The number of nitrogens with one attached hydrogen (secondary N) is 1. The number of hydrogen-bond donors (Lipinski definition) is 1. The van der Waals surface area contributed by atoms with E-state index in [2.05, 4.69) is 26.1 Å². The Labute approximate surface area is 139 Å². The number of halogens is 1. The first-order valence-corrected chi connectivity index (χ1v) is 8.62. The SMILES string of the molecule is O=C(COc1ccc(Br)cc1)N1CCC(N2CCNCC2)C1. The van der Waals surface area contributed by atoms with Gasteiger partial charge in [0.2, 0.25) is 0 Å². The van der Waals surface area contributed by atoms with Crippen LogP contribution in [0.15, 0.2) is 28.7 Å². The third kappa shape index (κ3) is 4.00. The highest BCUT2D eigenvalue weighted by Crippen LogP contribution is 2.18. The molecule has 2 heterocycles. The summed E-state index contributed by atoms with van der Waals surface area (Å²) in [5, 5.41) is 3.37. The van der Waals surface area contributed by atoms with Crippen molar-refractivity contribution in [1.29, 1.82) is 0 Å². The Kier molecular flexibility index (Phi) is 5.33. The molecule has 0 aliphatic carbocycles. The fraction of sp³-hybridized carbons (Fsp3) is 0.562. The number of piperazine rings is 1. The number of carbonyl (C=O) groups is 1. The summed E-state index contributed by atoms with van der Waals surface area (Å²) < 4.78 is 6.58. The van der Waals surface area contributed by atoms with Crippen LogP contribution in [0.5, 0.6) is 5.75 Å². The van der Waals surface area contributed by atoms with Crippen molar-refractivity contribution < 1.29 is 9.53 Å². The summed E-state index contributed by atoms with van der Waals surface area (Å²) in [5.41, 5.74) is 0. The molecule has 0 bridgehead atoms. The van der Waals surface area contributed by atoms with Crippen LogP contribution in [0.4, 0.5) is 0 Å². The molecule has 1 N–H and O–H groups in total. The molecule has 6 heteroatoms. The first kappa shape index (κ1) is 15.8. The van der Waals surface area contributed by atoms with Crippen LogP contribution < -0.4 is 10.1 Å². The molecule has 2 fully saturated rings. The molecule has 1 unspecified atom stereocenters. The van der Waals surface area contributed by atoms with Crippen molar-refractivity contribution in [2.24, 2.45) is 0 Å². The van der Waals surface area contributed by atoms with Crippen molar-refractivity contribution in [3.63, 3.8) is 0 Å². The van der Waals surface area contributed by atoms with Crippen LogP contribution in [0.25, 0.3) is 0 Å². The lowest BCUT2D eigenvalue weighted by atomic mass is 10.2. The number of rotatable bonds is 4. The van der Waals surface area contributed by atoms with Crippen LogP contribution in [0.2, 0.25) is 0 Å². The summed E-state index contributed by atoms with van der Waals surface area (Å²) in [5.74, 6) is 0.815. The molecule has 1 aromatic rings. The minimum atomic E-state index is 0.0838. The highest BCUT2D eigenvalue weighted by Gasteiger charge is 2.30. The molecular formula is C16H22BrN3O2. The Bertz CT molecular complexity index is 503. The van der Waals surface area contributed by atoms with Crippen LogP contribution in [0.1, 0.15) is 6.42 Å². The number of likely N-dealkylation sites (tertiary alicyclic amines) is 1. The number of hydrogen-bond acceptors (Lipinski definition) is 4. The van der Waals surface area contributed by atoms with Crippen molar-refractivity contribution >= 4 is 21.8 Å². The van der Waals surface area contributed by atoms with Gasteiger partial charge in [-0.2, -0.15) is 0 Å². The van der Waals surface area contributed by atoms with Gasteiger partial charge in [-0.15, -0.1) is 0 Å². The lowest BCUT2D eigenvalue weighted by molar-refractivity contribution is -0.132. The summed E-state index contributed by atoms with van der Waals surface area (Å²) >= 11 is 3.38. The predicted molar refractivity (Wildman–Crippen MR) is 89.1 cm³/mol. The zero-order valence-corrected chi connectivity index (χ0v) is 14.2. The smallest absolute Gasteiger partial charge is 0.260 e. The van der Waals surface area contributed by atoms with Gasteiger partial charge in [0.1, 0.15) is 5.75 Å².